The molecule has 2 heteroatoms. The van der Waals surface area contributed by atoms with Crippen molar-refractivity contribution in [2.45, 2.75) is 77.9 Å². The van der Waals surface area contributed by atoms with E-state index >= 15 is 0 Å². The first-order chi connectivity index (χ1) is 7.34. The lowest BCUT2D eigenvalue weighted by molar-refractivity contribution is -0.000911. The molecule has 1 saturated heterocycles. The van der Waals surface area contributed by atoms with Gasteiger partial charge in [0.05, 0.1) is 0 Å². The van der Waals surface area contributed by atoms with E-state index in [1.165, 1.54) is 25.8 Å². The molecule has 1 fully saturated rings. The maximum absolute atomic E-state index is 3.72. The van der Waals surface area contributed by atoms with E-state index in [2.05, 4.69) is 51.8 Å². The van der Waals surface area contributed by atoms with Crippen LogP contribution in [0.2, 0.25) is 0 Å². The number of rotatable bonds is 4. The zero-order valence-corrected chi connectivity index (χ0v) is 12.1. The lowest BCUT2D eigenvalue weighted by Crippen LogP contribution is -2.68. The summed E-state index contributed by atoms with van der Waals surface area (Å²) in [6.07, 6.45) is 3.80. The minimum absolute atomic E-state index is 0.295. The maximum Gasteiger partial charge on any atom is 0.0281 e. The molecule has 0 aliphatic carbocycles. The third-order valence-electron chi connectivity index (χ3n) is 4.26. The van der Waals surface area contributed by atoms with Crippen molar-refractivity contribution in [3.8, 4) is 0 Å². The summed E-state index contributed by atoms with van der Waals surface area (Å²) in [6.45, 7) is 16.3. The van der Waals surface area contributed by atoms with Gasteiger partial charge in [-0.3, -0.25) is 4.90 Å². The molecule has 0 aromatic rings. The Kier molecular flexibility index (Phi) is 4.42. The van der Waals surface area contributed by atoms with Crippen LogP contribution in [-0.4, -0.2) is 35.1 Å². The van der Waals surface area contributed by atoms with Crippen molar-refractivity contribution in [1.29, 1.82) is 0 Å². The minimum atomic E-state index is 0.295. The quantitative estimate of drug-likeness (QED) is 0.792. The first-order valence-electron chi connectivity index (χ1n) is 6.86. The average molecular weight is 226 g/mol. The van der Waals surface area contributed by atoms with Crippen molar-refractivity contribution < 1.29 is 0 Å². The van der Waals surface area contributed by atoms with E-state index in [4.69, 9.17) is 0 Å². The van der Waals surface area contributed by atoms with Gasteiger partial charge >= 0.3 is 0 Å². The number of nitrogens with zero attached hydrogens (tertiary/aromatic N) is 1. The van der Waals surface area contributed by atoms with E-state index < -0.39 is 0 Å². The lowest BCUT2D eigenvalue weighted by atomic mass is 9.86. The van der Waals surface area contributed by atoms with Crippen molar-refractivity contribution >= 4 is 0 Å². The first-order valence-corrected chi connectivity index (χ1v) is 6.86. The van der Waals surface area contributed by atoms with Gasteiger partial charge in [0.2, 0.25) is 0 Å². The Balaban J connectivity index is 2.76. The Bertz CT molecular complexity index is 225. The van der Waals surface area contributed by atoms with Crippen LogP contribution in [0.1, 0.15) is 60.8 Å². The fourth-order valence-corrected chi connectivity index (χ4v) is 2.74. The number of piperazine rings is 1. The van der Waals surface area contributed by atoms with Crippen molar-refractivity contribution in [1.82, 2.24) is 10.2 Å². The molecule has 1 rings (SSSR count). The topological polar surface area (TPSA) is 15.3 Å². The predicted molar refractivity (Wildman–Crippen MR) is 71.9 cm³/mol. The van der Waals surface area contributed by atoms with Crippen LogP contribution in [0.25, 0.3) is 0 Å². The molecule has 2 unspecified atom stereocenters. The highest BCUT2D eigenvalue weighted by molar-refractivity contribution is 5.00. The number of hydrogen-bond donors (Lipinski definition) is 1. The molecule has 0 bridgehead atoms. The third-order valence-corrected chi connectivity index (χ3v) is 4.26. The molecule has 1 heterocycles. The van der Waals surface area contributed by atoms with Crippen LogP contribution >= 0.6 is 0 Å². The molecule has 0 saturated carbocycles. The van der Waals surface area contributed by atoms with Crippen LogP contribution in [-0.2, 0) is 0 Å². The second-order valence-electron chi connectivity index (χ2n) is 6.35. The van der Waals surface area contributed by atoms with Crippen molar-refractivity contribution in [3.63, 3.8) is 0 Å². The van der Waals surface area contributed by atoms with E-state index in [0.717, 1.165) is 6.54 Å². The molecule has 0 aromatic heterocycles. The molecule has 0 aromatic carbocycles. The van der Waals surface area contributed by atoms with Gasteiger partial charge < -0.3 is 5.32 Å². The summed E-state index contributed by atoms with van der Waals surface area (Å²) in [5.41, 5.74) is 0.598. The van der Waals surface area contributed by atoms with Gasteiger partial charge in [-0.1, -0.05) is 20.3 Å². The molecular weight excluding hydrogens is 196 g/mol. The molecule has 16 heavy (non-hydrogen) atoms. The molecular formula is C14H30N2. The fourth-order valence-electron chi connectivity index (χ4n) is 2.74. The molecule has 0 radical (unpaired) electrons. The Morgan fingerprint density at radius 3 is 2.38 bits per heavy atom. The van der Waals surface area contributed by atoms with Gasteiger partial charge in [-0.15, -0.1) is 0 Å². The molecule has 1 N–H and O–H groups in total. The van der Waals surface area contributed by atoms with Crippen LogP contribution in [0.5, 0.6) is 0 Å². The molecule has 2 nitrogen and oxygen atoms in total. The van der Waals surface area contributed by atoms with Crippen LogP contribution < -0.4 is 5.32 Å². The lowest BCUT2D eigenvalue weighted by Gasteiger charge is -2.53. The maximum atomic E-state index is 3.72. The molecule has 96 valence electrons. The van der Waals surface area contributed by atoms with Crippen LogP contribution in [0, 0.1) is 0 Å². The van der Waals surface area contributed by atoms with E-state index in [-0.39, 0.29) is 0 Å². The zero-order chi connectivity index (χ0) is 12.4. The molecule has 0 spiro atoms. The largest absolute Gasteiger partial charge is 0.308 e. The van der Waals surface area contributed by atoms with Gasteiger partial charge in [0, 0.05) is 30.2 Å². The molecule has 2 atom stereocenters. The van der Waals surface area contributed by atoms with Crippen molar-refractivity contribution in [2.24, 2.45) is 0 Å². The Morgan fingerprint density at radius 2 is 1.88 bits per heavy atom. The summed E-state index contributed by atoms with van der Waals surface area (Å²) in [6, 6.07) is 0.702. The Morgan fingerprint density at radius 1 is 1.25 bits per heavy atom. The molecule has 1 aliphatic rings. The normalized spacial score (nSPS) is 32.6. The van der Waals surface area contributed by atoms with E-state index in [9.17, 15) is 0 Å². The minimum Gasteiger partial charge on any atom is -0.308 e. The monoisotopic (exact) mass is 226 g/mol. The van der Waals surface area contributed by atoms with Gasteiger partial charge in [0.15, 0.2) is 0 Å². The summed E-state index contributed by atoms with van der Waals surface area (Å²) < 4.78 is 0. The second kappa shape index (κ2) is 5.05. The predicted octanol–water partition coefficient (Wildman–Crippen LogP) is 3.03. The van der Waals surface area contributed by atoms with Gasteiger partial charge in [0.1, 0.15) is 0 Å². The molecule has 0 amide bonds. The zero-order valence-electron chi connectivity index (χ0n) is 12.1. The van der Waals surface area contributed by atoms with Gasteiger partial charge in [-0.05, 0) is 40.5 Å². The van der Waals surface area contributed by atoms with E-state index in [1.807, 2.05) is 0 Å². The summed E-state index contributed by atoms with van der Waals surface area (Å²) in [7, 11) is 0. The highest BCUT2D eigenvalue weighted by Crippen LogP contribution is 2.28. The highest BCUT2D eigenvalue weighted by Gasteiger charge is 2.40. The van der Waals surface area contributed by atoms with Crippen molar-refractivity contribution in [2.75, 3.05) is 13.1 Å². The van der Waals surface area contributed by atoms with Crippen LogP contribution in [0.3, 0.4) is 0 Å². The first kappa shape index (κ1) is 14.0. The standard InChI is InChI=1S/C14H30N2/c1-7-9-12(3)16-11-14(6,8-2)15-10-13(16,4)5/h12,15H,7-11H2,1-6H3. The second-order valence-corrected chi connectivity index (χ2v) is 6.35. The summed E-state index contributed by atoms with van der Waals surface area (Å²) >= 11 is 0. The van der Waals surface area contributed by atoms with Gasteiger partial charge in [-0.25, -0.2) is 0 Å². The number of nitrogens with one attached hydrogen (secondary N) is 1. The smallest absolute Gasteiger partial charge is 0.0281 e. The van der Waals surface area contributed by atoms with E-state index in [1.54, 1.807) is 0 Å². The summed E-state index contributed by atoms with van der Waals surface area (Å²) in [5, 5.41) is 3.72. The summed E-state index contributed by atoms with van der Waals surface area (Å²) in [4.78, 5) is 2.70. The summed E-state index contributed by atoms with van der Waals surface area (Å²) in [5.74, 6) is 0. The highest BCUT2D eigenvalue weighted by atomic mass is 15.3. The fraction of sp³-hybridized carbons (Fsp3) is 1.00. The molecule has 1 aliphatic heterocycles. The Hall–Kier alpha value is -0.0800. The van der Waals surface area contributed by atoms with Crippen LogP contribution in [0.4, 0.5) is 0 Å². The SMILES string of the molecule is CCCC(C)N1CC(C)(CC)NCC1(C)C. The number of hydrogen-bond acceptors (Lipinski definition) is 2. The average Bonchev–Trinajstić information content (AvgIpc) is 2.22. The van der Waals surface area contributed by atoms with Crippen LogP contribution in [0.15, 0.2) is 0 Å². The van der Waals surface area contributed by atoms with E-state index in [0.29, 0.717) is 17.1 Å². The Labute approximate surface area is 102 Å². The van der Waals surface area contributed by atoms with Crippen molar-refractivity contribution in [3.05, 3.63) is 0 Å². The van der Waals surface area contributed by atoms with Gasteiger partial charge in [-0.2, -0.15) is 0 Å². The van der Waals surface area contributed by atoms with Gasteiger partial charge in [0.25, 0.3) is 0 Å². The third kappa shape index (κ3) is 2.98.